The van der Waals surface area contributed by atoms with Crippen molar-refractivity contribution in [2.75, 3.05) is 4.90 Å². The normalized spacial score (nSPS) is 10.9. The fourth-order valence-electron chi connectivity index (χ4n) is 3.76. The largest absolute Gasteiger partial charge is 0.359 e. The highest BCUT2D eigenvalue weighted by Gasteiger charge is 2.19. The van der Waals surface area contributed by atoms with Crippen LogP contribution >= 0.6 is 0 Å². The van der Waals surface area contributed by atoms with E-state index >= 15 is 0 Å². The van der Waals surface area contributed by atoms with Crippen molar-refractivity contribution >= 4 is 28.0 Å². The smallest absolute Gasteiger partial charge is 0.0715 e. The molecule has 5 aromatic rings. The number of nitrogens with one attached hydrogen (secondary N) is 1. The lowest BCUT2D eigenvalue weighted by Crippen LogP contribution is -2.10. The average Bonchev–Trinajstić information content (AvgIpc) is 3.20. The standard InChI is InChI=1S/C26H20N2/c1-3-11-20(12-4-1)22-15-8-10-18-25(22)28(21-13-5-2-6-14-21)26-19-27-24-17-9-7-16-23(24)26/h1-19,27H. The predicted molar refractivity (Wildman–Crippen MR) is 118 cm³/mol. The van der Waals surface area contributed by atoms with Gasteiger partial charge in [-0.05, 0) is 29.8 Å². The molecule has 1 heterocycles. The predicted octanol–water partition coefficient (Wildman–Crippen LogP) is 7.30. The van der Waals surface area contributed by atoms with Crippen LogP contribution in [0, 0.1) is 0 Å². The summed E-state index contributed by atoms with van der Waals surface area (Å²) in [6.45, 7) is 0. The Morgan fingerprint density at radius 2 is 1.18 bits per heavy atom. The summed E-state index contributed by atoms with van der Waals surface area (Å²) in [5.74, 6) is 0. The van der Waals surface area contributed by atoms with Gasteiger partial charge in [0.05, 0.1) is 11.4 Å². The number of fused-ring (bicyclic) bond motifs is 1. The van der Waals surface area contributed by atoms with Crippen molar-refractivity contribution in [1.82, 2.24) is 4.98 Å². The fraction of sp³-hybridized carbons (Fsp3) is 0. The van der Waals surface area contributed by atoms with E-state index < -0.39 is 0 Å². The monoisotopic (exact) mass is 360 g/mol. The molecule has 0 atom stereocenters. The maximum absolute atomic E-state index is 3.43. The summed E-state index contributed by atoms with van der Waals surface area (Å²) in [5, 5.41) is 1.20. The molecular weight excluding hydrogens is 340 g/mol. The molecule has 0 amide bonds. The molecule has 28 heavy (non-hydrogen) atoms. The van der Waals surface area contributed by atoms with E-state index in [4.69, 9.17) is 0 Å². The van der Waals surface area contributed by atoms with Gasteiger partial charge in [-0.2, -0.15) is 0 Å². The summed E-state index contributed by atoms with van der Waals surface area (Å²) in [7, 11) is 0. The van der Waals surface area contributed by atoms with E-state index in [2.05, 4.69) is 125 Å². The van der Waals surface area contributed by atoms with Crippen molar-refractivity contribution < 1.29 is 0 Å². The van der Waals surface area contributed by atoms with Gasteiger partial charge in [0.2, 0.25) is 0 Å². The third kappa shape index (κ3) is 2.85. The first kappa shape index (κ1) is 16.4. The van der Waals surface area contributed by atoms with E-state index in [1.165, 1.54) is 16.5 Å². The molecule has 1 N–H and O–H groups in total. The van der Waals surface area contributed by atoms with Crippen LogP contribution in [0.2, 0.25) is 0 Å². The van der Waals surface area contributed by atoms with E-state index in [1.807, 2.05) is 0 Å². The number of anilines is 3. The Morgan fingerprint density at radius 1 is 0.536 bits per heavy atom. The number of hydrogen-bond donors (Lipinski definition) is 1. The number of aromatic nitrogens is 1. The number of rotatable bonds is 4. The molecule has 2 nitrogen and oxygen atoms in total. The number of hydrogen-bond acceptors (Lipinski definition) is 1. The van der Waals surface area contributed by atoms with E-state index in [0.717, 1.165) is 22.6 Å². The zero-order valence-electron chi connectivity index (χ0n) is 15.4. The van der Waals surface area contributed by atoms with Gasteiger partial charge in [0.25, 0.3) is 0 Å². The lowest BCUT2D eigenvalue weighted by Gasteiger charge is -2.27. The van der Waals surface area contributed by atoms with Gasteiger partial charge >= 0.3 is 0 Å². The van der Waals surface area contributed by atoms with Crippen molar-refractivity contribution in [1.29, 1.82) is 0 Å². The van der Waals surface area contributed by atoms with Crippen LogP contribution < -0.4 is 4.90 Å². The fourth-order valence-corrected chi connectivity index (χ4v) is 3.76. The number of H-pyrrole nitrogens is 1. The van der Waals surface area contributed by atoms with Crippen molar-refractivity contribution in [3.8, 4) is 11.1 Å². The van der Waals surface area contributed by atoms with Crippen LogP contribution in [0.15, 0.2) is 115 Å². The SMILES string of the molecule is c1ccc(-c2ccccc2N(c2ccccc2)c2c[nH]c3ccccc23)cc1. The first-order chi connectivity index (χ1) is 13.9. The van der Waals surface area contributed by atoms with Gasteiger partial charge in [-0.3, -0.25) is 0 Å². The maximum Gasteiger partial charge on any atom is 0.0715 e. The molecule has 0 saturated heterocycles. The number of aromatic amines is 1. The van der Waals surface area contributed by atoms with E-state index in [1.54, 1.807) is 0 Å². The van der Waals surface area contributed by atoms with E-state index in [0.29, 0.717) is 0 Å². The summed E-state index contributed by atoms with van der Waals surface area (Å²) in [4.78, 5) is 5.76. The highest BCUT2D eigenvalue weighted by Crippen LogP contribution is 2.42. The average molecular weight is 360 g/mol. The lowest BCUT2D eigenvalue weighted by molar-refractivity contribution is 1.29. The third-order valence-corrected chi connectivity index (χ3v) is 5.05. The molecule has 5 rings (SSSR count). The van der Waals surface area contributed by atoms with Gasteiger partial charge in [0.15, 0.2) is 0 Å². The highest BCUT2D eigenvalue weighted by atomic mass is 15.2. The second-order valence-corrected chi connectivity index (χ2v) is 6.77. The first-order valence-electron chi connectivity index (χ1n) is 9.47. The van der Waals surface area contributed by atoms with Crippen molar-refractivity contribution in [3.05, 3.63) is 115 Å². The van der Waals surface area contributed by atoms with Gasteiger partial charge in [0, 0.05) is 28.4 Å². The van der Waals surface area contributed by atoms with Crippen LogP contribution in [-0.4, -0.2) is 4.98 Å². The molecule has 0 saturated carbocycles. The molecule has 0 aliphatic rings. The van der Waals surface area contributed by atoms with Gasteiger partial charge in [0.1, 0.15) is 0 Å². The summed E-state index contributed by atoms with van der Waals surface area (Å²) in [6.07, 6.45) is 2.10. The van der Waals surface area contributed by atoms with Crippen LogP contribution in [0.5, 0.6) is 0 Å². The van der Waals surface area contributed by atoms with Crippen molar-refractivity contribution in [2.24, 2.45) is 0 Å². The molecule has 134 valence electrons. The van der Waals surface area contributed by atoms with Gasteiger partial charge < -0.3 is 9.88 Å². The molecule has 0 aliphatic carbocycles. The minimum absolute atomic E-state index is 1.13. The number of para-hydroxylation sites is 3. The molecule has 2 heteroatoms. The van der Waals surface area contributed by atoms with Crippen molar-refractivity contribution in [3.63, 3.8) is 0 Å². The topological polar surface area (TPSA) is 19.0 Å². The second-order valence-electron chi connectivity index (χ2n) is 6.77. The Hall–Kier alpha value is -3.78. The van der Waals surface area contributed by atoms with Gasteiger partial charge in [-0.25, -0.2) is 0 Å². The zero-order valence-corrected chi connectivity index (χ0v) is 15.4. The number of nitrogens with zero attached hydrogens (tertiary/aromatic N) is 1. The Balaban J connectivity index is 1.78. The Labute approximate surface area is 164 Å². The minimum atomic E-state index is 1.13. The van der Waals surface area contributed by atoms with Crippen LogP contribution in [0.1, 0.15) is 0 Å². The minimum Gasteiger partial charge on any atom is -0.359 e. The molecule has 0 spiro atoms. The van der Waals surface area contributed by atoms with E-state index in [9.17, 15) is 0 Å². The molecule has 4 aromatic carbocycles. The zero-order chi connectivity index (χ0) is 18.8. The molecule has 0 fully saturated rings. The van der Waals surface area contributed by atoms with Crippen LogP contribution in [-0.2, 0) is 0 Å². The molecular formula is C26H20N2. The Morgan fingerprint density at radius 3 is 2.00 bits per heavy atom. The Bertz CT molecular complexity index is 1210. The summed E-state index contributed by atoms with van der Waals surface area (Å²) in [6, 6.07) is 38.1. The molecule has 1 aromatic heterocycles. The van der Waals surface area contributed by atoms with Crippen LogP contribution in [0.25, 0.3) is 22.0 Å². The van der Waals surface area contributed by atoms with Gasteiger partial charge in [-0.1, -0.05) is 84.9 Å². The van der Waals surface area contributed by atoms with Crippen molar-refractivity contribution in [2.45, 2.75) is 0 Å². The first-order valence-corrected chi connectivity index (χ1v) is 9.47. The third-order valence-electron chi connectivity index (χ3n) is 5.05. The Kier molecular flexibility index (Phi) is 4.15. The summed E-state index contributed by atoms with van der Waals surface area (Å²) < 4.78 is 0. The maximum atomic E-state index is 3.43. The molecule has 0 unspecified atom stereocenters. The molecule has 0 bridgehead atoms. The number of benzene rings is 4. The van der Waals surface area contributed by atoms with Crippen LogP contribution in [0.4, 0.5) is 17.1 Å². The molecule has 0 aliphatic heterocycles. The molecule has 0 radical (unpaired) electrons. The quantitative estimate of drug-likeness (QED) is 0.356. The highest BCUT2D eigenvalue weighted by molar-refractivity contribution is 6.00. The lowest BCUT2D eigenvalue weighted by atomic mass is 10.0. The van der Waals surface area contributed by atoms with Crippen LogP contribution in [0.3, 0.4) is 0 Å². The van der Waals surface area contributed by atoms with Gasteiger partial charge in [-0.15, -0.1) is 0 Å². The summed E-state index contributed by atoms with van der Waals surface area (Å²) >= 11 is 0. The second kappa shape index (κ2) is 7.09. The van der Waals surface area contributed by atoms with E-state index in [-0.39, 0.29) is 0 Å². The summed E-state index contributed by atoms with van der Waals surface area (Å²) in [5.41, 5.74) is 6.98.